The van der Waals surface area contributed by atoms with Crippen molar-refractivity contribution < 1.29 is 14.6 Å². The Kier molecular flexibility index (Phi) is 4.91. The van der Waals surface area contributed by atoms with Crippen LogP contribution in [-0.2, 0) is 9.47 Å². The predicted molar refractivity (Wildman–Crippen MR) is 76.2 cm³/mol. The summed E-state index contributed by atoms with van der Waals surface area (Å²) in [7, 11) is 0. The fraction of sp³-hybridized carbons (Fsp3) is 1.00. The molecule has 1 N–H and O–H groups in total. The molecular formula is C16H30O3. The van der Waals surface area contributed by atoms with Crippen molar-refractivity contribution in [2.75, 3.05) is 13.2 Å². The van der Waals surface area contributed by atoms with Crippen LogP contribution in [0.1, 0.15) is 65.7 Å². The molecular weight excluding hydrogens is 240 g/mol. The summed E-state index contributed by atoms with van der Waals surface area (Å²) in [5.74, 6) is 0. The summed E-state index contributed by atoms with van der Waals surface area (Å²) in [6, 6.07) is 0. The van der Waals surface area contributed by atoms with E-state index in [1.54, 1.807) is 0 Å². The van der Waals surface area contributed by atoms with E-state index in [1.165, 1.54) is 25.7 Å². The van der Waals surface area contributed by atoms with E-state index in [4.69, 9.17) is 9.47 Å². The van der Waals surface area contributed by atoms with Crippen molar-refractivity contribution in [3.8, 4) is 0 Å². The Balaban J connectivity index is 1.77. The molecule has 3 heteroatoms. The summed E-state index contributed by atoms with van der Waals surface area (Å²) in [5, 5.41) is 10.2. The molecule has 0 amide bonds. The van der Waals surface area contributed by atoms with E-state index in [-0.39, 0.29) is 23.2 Å². The van der Waals surface area contributed by atoms with Gasteiger partial charge in [0.2, 0.25) is 0 Å². The molecule has 0 bridgehead atoms. The molecule has 2 atom stereocenters. The Morgan fingerprint density at radius 2 is 1.68 bits per heavy atom. The molecule has 3 nitrogen and oxygen atoms in total. The molecule has 2 aliphatic carbocycles. The van der Waals surface area contributed by atoms with Crippen molar-refractivity contribution >= 4 is 0 Å². The summed E-state index contributed by atoms with van der Waals surface area (Å²) in [6.45, 7) is 7.48. The predicted octanol–water partition coefficient (Wildman–Crippen LogP) is 3.29. The highest BCUT2D eigenvalue weighted by Gasteiger charge is 2.54. The zero-order valence-electron chi connectivity index (χ0n) is 12.8. The van der Waals surface area contributed by atoms with Gasteiger partial charge in [0.25, 0.3) is 0 Å². The molecule has 2 aliphatic rings. The third-order valence-electron chi connectivity index (χ3n) is 4.71. The average Bonchev–Trinajstić information content (AvgIpc) is 2.59. The maximum atomic E-state index is 10.2. The number of rotatable bonds is 4. The van der Waals surface area contributed by atoms with Gasteiger partial charge in [-0.1, -0.05) is 25.7 Å². The average molecular weight is 270 g/mol. The first-order valence-corrected chi connectivity index (χ1v) is 7.88. The van der Waals surface area contributed by atoms with Crippen LogP contribution < -0.4 is 0 Å². The van der Waals surface area contributed by atoms with E-state index >= 15 is 0 Å². The molecule has 0 aliphatic heterocycles. The number of aliphatic hydroxyl groups is 1. The Labute approximate surface area is 117 Å². The second-order valence-corrected chi connectivity index (χ2v) is 7.22. The Morgan fingerprint density at radius 3 is 2.21 bits per heavy atom. The molecule has 2 fully saturated rings. The molecule has 2 saturated carbocycles. The molecule has 0 radical (unpaired) electrons. The highest BCUT2D eigenvalue weighted by molar-refractivity contribution is 5.04. The standard InChI is InChI=1S/C16H30O3/c1-15(2,3)19-11-10-18-14-12-13(17)16(14)8-6-4-5-7-9-16/h13-14,17H,4-12H2,1-3H3. The minimum Gasteiger partial charge on any atom is -0.392 e. The van der Waals surface area contributed by atoms with Gasteiger partial charge in [-0.15, -0.1) is 0 Å². The van der Waals surface area contributed by atoms with Crippen LogP contribution in [0.25, 0.3) is 0 Å². The molecule has 2 rings (SSSR count). The normalized spacial score (nSPS) is 30.9. The Morgan fingerprint density at radius 1 is 1.05 bits per heavy atom. The lowest BCUT2D eigenvalue weighted by Gasteiger charge is -2.53. The van der Waals surface area contributed by atoms with Gasteiger partial charge >= 0.3 is 0 Å². The van der Waals surface area contributed by atoms with Crippen molar-refractivity contribution in [1.29, 1.82) is 0 Å². The summed E-state index contributed by atoms with van der Waals surface area (Å²) < 4.78 is 11.7. The first-order valence-electron chi connectivity index (χ1n) is 7.88. The molecule has 2 unspecified atom stereocenters. The molecule has 1 spiro atoms. The van der Waals surface area contributed by atoms with E-state index in [0.717, 1.165) is 19.3 Å². The SMILES string of the molecule is CC(C)(C)OCCOC1CC(O)C12CCCCCC2. The Bertz CT molecular complexity index is 274. The lowest BCUT2D eigenvalue weighted by Crippen LogP contribution is -2.58. The van der Waals surface area contributed by atoms with Crippen LogP contribution in [0.15, 0.2) is 0 Å². The maximum absolute atomic E-state index is 10.2. The smallest absolute Gasteiger partial charge is 0.0707 e. The number of aliphatic hydroxyl groups excluding tert-OH is 1. The molecule has 0 aromatic carbocycles. The highest BCUT2D eigenvalue weighted by Crippen LogP contribution is 2.52. The first kappa shape index (κ1) is 15.3. The quantitative estimate of drug-likeness (QED) is 0.797. The summed E-state index contributed by atoms with van der Waals surface area (Å²) in [5.41, 5.74) is -0.0271. The van der Waals surface area contributed by atoms with E-state index in [0.29, 0.717) is 13.2 Å². The topological polar surface area (TPSA) is 38.7 Å². The van der Waals surface area contributed by atoms with Crippen molar-refractivity contribution in [3.05, 3.63) is 0 Å². The number of ether oxygens (including phenoxy) is 2. The van der Waals surface area contributed by atoms with Gasteiger partial charge in [0.05, 0.1) is 31.0 Å². The number of hydrogen-bond donors (Lipinski definition) is 1. The summed E-state index contributed by atoms with van der Waals surface area (Å²) in [6.07, 6.45) is 8.32. The second-order valence-electron chi connectivity index (χ2n) is 7.22. The van der Waals surface area contributed by atoms with Gasteiger partial charge in [-0.05, 0) is 33.6 Å². The van der Waals surface area contributed by atoms with Gasteiger partial charge in [0, 0.05) is 11.8 Å². The highest BCUT2D eigenvalue weighted by atomic mass is 16.5. The molecule has 0 aromatic heterocycles. The largest absolute Gasteiger partial charge is 0.392 e. The van der Waals surface area contributed by atoms with Crippen LogP contribution in [0.2, 0.25) is 0 Å². The van der Waals surface area contributed by atoms with Gasteiger partial charge in [0.15, 0.2) is 0 Å². The third kappa shape index (κ3) is 3.71. The minimum absolute atomic E-state index is 0.0677. The lowest BCUT2D eigenvalue weighted by molar-refractivity contribution is -0.205. The minimum atomic E-state index is -0.140. The van der Waals surface area contributed by atoms with E-state index in [1.807, 2.05) is 0 Å². The van der Waals surface area contributed by atoms with Gasteiger partial charge in [-0.2, -0.15) is 0 Å². The van der Waals surface area contributed by atoms with Crippen LogP contribution in [0.5, 0.6) is 0 Å². The zero-order valence-corrected chi connectivity index (χ0v) is 12.8. The van der Waals surface area contributed by atoms with Crippen molar-refractivity contribution in [1.82, 2.24) is 0 Å². The van der Waals surface area contributed by atoms with Gasteiger partial charge in [-0.25, -0.2) is 0 Å². The molecule has 19 heavy (non-hydrogen) atoms. The molecule has 0 saturated heterocycles. The first-order chi connectivity index (χ1) is 8.94. The fourth-order valence-corrected chi connectivity index (χ4v) is 3.54. The number of hydrogen-bond acceptors (Lipinski definition) is 3. The van der Waals surface area contributed by atoms with Gasteiger partial charge < -0.3 is 14.6 Å². The fourth-order valence-electron chi connectivity index (χ4n) is 3.54. The van der Waals surface area contributed by atoms with Gasteiger partial charge in [0.1, 0.15) is 0 Å². The van der Waals surface area contributed by atoms with Crippen molar-refractivity contribution in [3.63, 3.8) is 0 Å². The van der Waals surface area contributed by atoms with E-state index in [2.05, 4.69) is 20.8 Å². The zero-order chi connectivity index (χ0) is 13.9. The van der Waals surface area contributed by atoms with Crippen LogP contribution >= 0.6 is 0 Å². The van der Waals surface area contributed by atoms with Crippen LogP contribution in [0, 0.1) is 5.41 Å². The summed E-state index contributed by atoms with van der Waals surface area (Å²) >= 11 is 0. The lowest BCUT2D eigenvalue weighted by atomic mass is 9.59. The van der Waals surface area contributed by atoms with Gasteiger partial charge in [-0.3, -0.25) is 0 Å². The molecule has 0 heterocycles. The third-order valence-corrected chi connectivity index (χ3v) is 4.71. The molecule has 112 valence electrons. The monoisotopic (exact) mass is 270 g/mol. The van der Waals surface area contributed by atoms with Crippen molar-refractivity contribution in [2.45, 2.75) is 83.5 Å². The van der Waals surface area contributed by atoms with E-state index in [9.17, 15) is 5.11 Å². The van der Waals surface area contributed by atoms with Crippen LogP contribution in [0.3, 0.4) is 0 Å². The van der Waals surface area contributed by atoms with Crippen LogP contribution in [0.4, 0.5) is 0 Å². The van der Waals surface area contributed by atoms with Crippen molar-refractivity contribution in [2.24, 2.45) is 5.41 Å². The molecule has 0 aromatic rings. The summed E-state index contributed by atoms with van der Waals surface area (Å²) in [4.78, 5) is 0. The maximum Gasteiger partial charge on any atom is 0.0707 e. The Hall–Kier alpha value is -0.120. The second kappa shape index (κ2) is 6.11. The van der Waals surface area contributed by atoms with Crippen LogP contribution in [-0.4, -0.2) is 36.1 Å². The van der Waals surface area contributed by atoms with E-state index < -0.39 is 0 Å².